The molecule has 1 aliphatic heterocycles. The Hall–Kier alpha value is -0.990. The zero-order chi connectivity index (χ0) is 10.7. The average Bonchev–Trinajstić information content (AvgIpc) is 2.66. The van der Waals surface area contributed by atoms with Gasteiger partial charge in [0.15, 0.2) is 0 Å². The van der Waals surface area contributed by atoms with Crippen LogP contribution in [0.15, 0.2) is 11.3 Å². The summed E-state index contributed by atoms with van der Waals surface area (Å²) in [6, 6.07) is 0.569. The van der Waals surface area contributed by atoms with Crippen molar-refractivity contribution in [2.45, 2.75) is 51.5 Å². The second kappa shape index (κ2) is 4.69. The van der Waals surface area contributed by atoms with Gasteiger partial charge in [0.2, 0.25) is 0 Å². The van der Waals surface area contributed by atoms with E-state index in [4.69, 9.17) is 4.74 Å². The minimum absolute atomic E-state index is 0.129. The number of nitrogens with one attached hydrogen (secondary N) is 1. The Labute approximate surface area is 90.9 Å². The summed E-state index contributed by atoms with van der Waals surface area (Å²) in [5.41, 5.74) is 1.88. The van der Waals surface area contributed by atoms with E-state index in [-0.39, 0.29) is 5.97 Å². The molecule has 2 aliphatic rings. The highest BCUT2D eigenvalue weighted by Crippen LogP contribution is 2.21. The summed E-state index contributed by atoms with van der Waals surface area (Å²) in [6.45, 7) is 2.55. The maximum Gasteiger partial charge on any atom is 0.335 e. The quantitative estimate of drug-likeness (QED) is 0.559. The number of cyclic esters (lactones) is 1. The van der Waals surface area contributed by atoms with Gasteiger partial charge >= 0.3 is 5.97 Å². The molecule has 0 amide bonds. The van der Waals surface area contributed by atoms with Gasteiger partial charge in [-0.25, -0.2) is 4.79 Å². The summed E-state index contributed by atoms with van der Waals surface area (Å²) >= 11 is 0. The molecule has 1 saturated carbocycles. The highest BCUT2D eigenvalue weighted by Gasteiger charge is 2.22. The number of carbonyl (C=O) groups is 1. The molecule has 3 heteroatoms. The largest absolute Gasteiger partial charge is 0.462 e. The predicted octanol–water partition coefficient (Wildman–Crippen LogP) is 2.13. The Morgan fingerprint density at radius 3 is 2.67 bits per heavy atom. The fourth-order valence-electron chi connectivity index (χ4n) is 2.42. The van der Waals surface area contributed by atoms with Crippen LogP contribution in [0.4, 0.5) is 0 Å². The molecule has 0 aromatic heterocycles. The van der Waals surface area contributed by atoms with Gasteiger partial charge in [-0.2, -0.15) is 0 Å². The second-order valence-corrected chi connectivity index (χ2v) is 4.47. The third kappa shape index (κ3) is 2.52. The number of esters is 1. The number of rotatable bonds is 2. The molecule has 0 bridgehead atoms. The topological polar surface area (TPSA) is 38.3 Å². The molecule has 0 aromatic rings. The first kappa shape index (κ1) is 10.5. The van der Waals surface area contributed by atoms with Crippen molar-refractivity contribution in [3.8, 4) is 0 Å². The van der Waals surface area contributed by atoms with Crippen molar-refractivity contribution in [2.75, 3.05) is 6.61 Å². The highest BCUT2D eigenvalue weighted by atomic mass is 16.5. The monoisotopic (exact) mass is 209 g/mol. The lowest BCUT2D eigenvalue weighted by atomic mass is 9.95. The van der Waals surface area contributed by atoms with Gasteiger partial charge in [-0.3, -0.25) is 0 Å². The van der Waals surface area contributed by atoms with Crippen LogP contribution in [0.2, 0.25) is 0 Å². The maximum atomic E-state index is 11.3. The molecule has 84 valence electrons. The van der Waals surface area contributed by atoms with Crippen LogP contribution in [0.5, 0.6) is 0 Å². The Kier molecular flexibility index (Phi) is 3.29. The van der Waals surface area contributed by atoms with Crippen molar-refractivity contribution < 1.29 is 9.53 Å². The molecule has 2 fully saturated rings. The maximum absolute atomic E-state index is 11.3. The predicted molar refractivity (Wildman–Crippen MR) is 58.3 cm³/mol. The third-order valence-corrected chi connectivity index (χ3v) is 3.31. The van der Waals surface area contributed by atoms with Crippen LogP contribution < -0.4 is 5.32 Å². The molecule has 0 spiro atoms. The van der Waals surface area contributed by atoms with E-state index in [1.807, 2.05) is 6.92 Å². The lowest BCUT2D eigenvalue weighted by molar-refractivity contribution is -0.135. The van der Waals surface area contributed by atoms with Gasteiger partial charge in [0.05, 0.1) is 12.2 Å². The molecule has 0 aromatic carbocycles. The van der Waals surface area contributed by atoms with E-state index in [2.05, 4.69) is 5.32 Å². The number of carbonyl (C=O) groups excluding carboxylic acids is 1. The van der Waals surface area contributed by atoms with Crippen molar-refractivity contribution >= 4 is 5.97 Å². The van der Waals surface area contributed by atoms with Crippen LogP contribution in [0.1, 0.15) is 45.4 Å². The number of hydrogen-bond acceptors (Lipinski definition) is 3. The molecule has 0 atom stereocenters. The SMILES string of the molecule is C/C(NC1CCCCC1)=C1\CCOC1=O. The number of allylic oxidation sites excluding steroid dienone is 1. The van der Waals surface area contributed by atoms with Gasteiger partial charge in [-0.05, 0) is 19.8 Å². The van der Waals surface area contributed by atoms with Gasteiger partial charge in [-0.15, -0.1) is 0 Å². The first-order chi connectivity index (χ1) is 7.27. The lowest BCUT2D eigenvalue weighted by Gasteiger charge is -2.24. The second-order valence-electron chi connectivity index (χ2n) is 4.47. The molecule has 1 heterocycles. The van der Waals surface area contributed by atoms with E-state index in [1.54, 1.807) is 0 Å². The lowest BCUT2D eigenvalue weighted by Crippen LogP contribution is -2.30. The van der Waals surface area contributed by atoms with Gasteiger partial charge in [0.1, 0.15) is 0 Å². The molecular formula is C12H19NO2. The van der Waals surface area contributed by atoms with Crippen molar-refractivity contribution in [3.63, 3.8) is 0 Å². The van der Waals surface area contributed by atoms with Crippen LogP contribution in [-0.2, 0) is 9.53 Å². The molecule has 0 radical (unpaired) electrons. The average molecular weight is 209 g/mol. The van der Waals surface area contributed by atoms with Gasteiger partial charge in [0.25, 0.3) is 0 Å². The fourth-order valence-corrected chi connectivity index (χ4v) is 2.42. The molecule has 1 N–H and O–H groups in total. The first-order valence-corrected chi connectivity index (χ1v) is 5.91. The standard InChI is InChI=1S/C12H19NO2/c1-9(11-7-8-15-12(11)14)13-10-5-3-2-4-6-10/h10,13H,2-8H2,1H3/b11-9-. The Morgan fingerprint density at radius 2 is 2.07 bits per heavy atom. The van der Waals surface area contributed by atoms with Crippen LogP contribution in [0, 0.1) is 0 Å². The third-order valence-electron chi connectivity index (χ3n) is 3.31. The van der Waals surface area contributed by atoms with Crippen LogP contribution in [0.3, 0.4) is 0 Å². The summed E-state index contributed by atoms with van der Waals surface area (Å²) in [7, 11) is 0. The minimum atomic E-state index is -0.129. The summed E-state index contributed by atoms with van der Waals surface area (Å²) in [5.74, 6) is -0.129. The minimum Gasteiger partial charge on any atom is -0.462 e. The highest BCUT2D eigenvalue weighted by molar-refractivity contribution is 5.90. The van der Waals surface area contributed by atoms with Gasteiger partial charge in [0, 0.05) is 18.2 Å². The van der Waals surface area contributed by atoms with Crippen LogP contribution in [-0.4, -0.2) is 18.6 Å². The molecule has 0 unspecified atom stereocenters. The van der Waals surface area contributed by atoms with Gasteiger partial charge < -0.3 is 10.1 Å². The molecule has 15 heavy (non-hydrogen) atoms. The molecular weight excluding hydrogens is 190 g/mol. The van der Waals surface area contributed by atoms with E-state index in [0.717, 1.165) is 17.7 Å². The van der Waals surface area contributed by atoms with E-state index in [0.29, 0.717) is 12.6 Å². The normalized spacial score (nSPS) is 26.3. The van der Waals surface area contributed by atoms with Crippen molar-refractivity contribution in [3.05, 3.63) is 11.3 Å². The Morgan fingerprint density at radius 1 is 1.33 bits per heavy atom. The van der Waals surface area contributed by atoms with E-state index in [9.17, 15) is 4.79 Å². The zero-order valence-corrected chi connectivity index (χ0v) is 9.34. The van der Waals surface area contributed by atoms with E-state index < -0.39 is 0 Å². The van der Waals surface area contributed by atoms with Crippen LogP contribution >= 0.6 is 0 Å². The van der Waals surface area contributed by atoms with Crippen LogP contribution in [0.25, 0.3) is 0 Å². The fraction of sp³-hybridized carbons (Fsp3) is 0.750. The Balaban J connectivity index is 1.95. The summed E-state index contributed by atoms with van der Waals surface area (Å²) in [5, 5.41) is 3.47. The smallest absolute Gasteiger partial charge is 0.335 e. The van der Waals surface area contributed by atoms with Crippen molar-refractivity contribution in [2.24, 2.45) is 0 Å². The first-order valence-electron chi connectivity index (χ1n) is 5.91. The van der Waals surface area contributed by atoms with Crippen molar-refractivity contribution in [1.82, 2.24) is 5.32 Å². The number of ether oxygens (including phenoxy) is 1. The summed E-state index contributed by atoms with van der Waals surface area (Å²) in [4.78, 5) is 11.3. The zero-order valence-electron chi connectivity index (χ0n) is 9.34. The van der Waals surface area contributed by atoms with Crippen molar-refractivity contribution in [1.29, 1.82) is 0 Å². The van der Waals surface area contributed by atoms with E-state index in [1.165, 1.54) is 32.1 Å². The molecule has 3 nitrogen and oxygen atoms in total. The Bertz CT molecular complexity index is 277. The van der Waals surface area contributed by atoms with E-state index >= 15 is 0 Å². The molecule has 1 saturated heterocycles. The summed E-state index contributed by atoms with van der Waals surface area (Å²) in [6.07, 6.45) is 7.22. The summed E-state index contributed by atoms with van der Waals surface area (Å²) < 4.78 is 4.94. The van der Waals surface area contributed by atoms with Gasteiger partial charge in [-0.1, -0.05) is 19.3 Å². The molecule has 1 aliphatic carbocycles. The molecule has 2 rings (SSSR count). The number of hydrogen-bond donors (Lipinski definition) is 1.